The molecule has 2 N–H and O–H groups in total. The summed E-state index contributed by atoms with van der Waals surface area (Å²) in [5.74, 6) is -2.53. The first kappa shape index (κ1) is 15.8. The Labute approximate surface area is 126 Å². The van der Waals surface area contributed by atoms with Crippen LogP contribution in [0.2, 0.25) is 0 Å². The van der Waals surface area contributed by atoms with Gasteiger partial charge in [0.25, 0.3) is 5.91 Å². The zero-order chi connectivity index (χ0) is 16.3. The molecule has 0 unspecified atom stereocenters. The maximum Gasteiger partial charge on any atom is 0.371 e. The maximum atomic E-state index is 13.8. The zero-order valence-electron chi connectivity index (χ0n) is 12.2. The van der Waals surface area contributed by atoms with Crippen LogP contribution in [-0.2, 0) is 5.41 Å². The van der Waals surface area contributed by atoms with Gasteiger partial charge in [-0.15, -0.1) is 0 Å². The van der Waals surface area contributed by atoms with Crippen LogP contribution in [0.4, 0.5) is 4.39 Å². The van der Waals surface area contributed by atoms with Crippen LogP contribution in [0.1, 0.15) is 40.5 Å². The Hall–Kier alpha value is -2.63. The van der Waals surface area contributed by atoms with E-state index in [9.17, 15) is 14.0 Å². The van der Waals surface area contributed by atoms with Gasteiger partial charge in [0.1, 0.15) is 5.82 Å². The summed E-state index contributed by atoms with van der Waals surface area (Å²) in [5, 5.41) is 11.4. The Morgan fingerprint density at radius 1 is 1.18 bits per heavy atom. The molecule has 2 rings (SSSR count). The van der Waals surface area contributed by atoms with Gasteiger partial charge in [-0.05, 0) is 23.8 Å². The summed E-state index contributed by atoms with van der Waals surface area (Å²) in [6.45, 7) is 3.78. The van der Waals surface area contributed by atoms with Gasteiger partial charge in [-0.1, -0.05) is 32.0 Å². The molecule has 0 aliphatic heterocycles. The first-order valence-corrected chi connectivity index (χ1v) is 6.67. The predicted molar refractivity (Wildman–Crippen MR) is 77.4 cm³/mol. The summed E-state index contributed by atoms with van der Waals surface area (Å²) in [6, 6.07) is 8.85. The molecule has 0 aliphatic rings. The van der Waals surface area contributed by atoms with Gasteiger partial charge in [0.05, 0.1) is 0 Å². The van der Waals surface area contributed by atoms with E-state index in [0.717, 1.165) is 0 Å². The van der Waals surface area contributed by atoms with Crippen molar-refractivity contribution in [1.82, 2.24) is 5.32 Å². The van der Waals surface area contributed by atoms with E-state index < -0.39 is 17.3 Å². The van der Waals surface area contributed by atoms with Crippen molar-refractivity contribution in [2.75, 3.05) is 6.54 Å². The molecule has 1 amide bonds. The Morgan fingerprint density at radius 2 is 1.82 bits per heavy atom. The first-order valence-electron chi connectivity index (χ1n) is 6.67. The van der Waals surface area contributed by atoms with Crippen LogP contribution < -0.4 is 5.32 Å². The molecule has 0 fully saturated rings. The third kappa shape index (κ3) is 3.33. The number of halogens is 1. The zero-order valence-corrected chi connectivity index (χ0v) is 12.2. The molecule has 0 atom stereocenters. The summed E-state index contributed by atoms with van der Waals surface area (Å²) in [7, 11) is 0. The van der Waals surface area contributed by atoms with E-state index in [1.165, 1.54) is 18.2 Å². The Kier molecular flexibility index (Phi) is 4.30. The minimum atomic E-state index is -1.24. The molecular formula is C16H16FNO4. The molecule has 1 aromatic carbocycles. The van der Waals surface area contributed by atoms with Gasteiger partial charge in [-0.3, -0.25) is 4.79 Å². The standard InChI is InChI=1S/C16H16FNO4/c1-16(2,10-5-3-4-6-11(10)17)9-18-14(19)12-7-8-13(22-12)15(20)21/h3-8H,9H2,1-2H3,(H,18,19)(H,20,21). The second kappa shape index (κ2) is 6.01. The molecule has 0 saturated carbocycles. The van der Waals surface area contributed by atoms with Crippen molar-refractivity contribution in [2.45, 2.75) is 19.3 Å². The lowest BCUT2D eigenvalue weighted by Crippen LogP contribution is -2.37. The molecule has 6 heteroatoms. The highest BCUT2D eigenvalue weighted by atomic mass is 19.1. The number of carbonyl (C=O) groups is 2. The predicted octanol–water partition coefficient (Wildman–Crippen LogP) is 2.82. The van der Waals surface area contributed by atoms with Gasteiger partial charge in [-0.2, -0.15) is 0 Å². The normalized spacial score (nSPS) is 11.2. The third-order valence-corrected chi connectivity index (χ3v) is 3.33. The number of aromatic carboxylic acids is 1. The number of nitrogens with one attached hydrogen (secondary N) is 1. The molecular weight excluding hydrogens is 289 g/mol. The van der Waals surface area contributed by atoms with Gasteiger partial charge in [0, 0.05) is 12.0 Å². The van der Waals surface area contributed by atoms with Crippen LogP contribution in [0.15, 0.2) is 40.8 Å². The highest BCUT2D eigenvalue weighted by molar-refractivity contribution is 5.93. The van der Waals surface area contributed by atoms with Crippen LogP contribution in [0, 0.1) is 5.82 Å². The van der Waals surface area contributed by atoms with Crippen molar-refractivity contribution < 1.29 is 23.5 Å². The number of furan rings is 1. The van der Waals surface area contributed by atoms with Crippen LogP contribution >= 0.6 is 0 Å². The highest BCUT2D eigenvalue weighted by Crippen LogP contribution is 2.25. The van der Waals surface area contributed by atoms with E-state index in [0.29, 0.717) is 5.56 Å². The lowest BCUT2D eigenvalue weighted by Gasteiger charge is -2.25. The van der Waals surface area contributed by atoms with Crippen LogP contribution in [-0.4, -0.2) is 23.5 Å². The summed E-state index contributed by atoms with van der Waals surface area (Å²) in [4.78, 5) is 22.7. The molecule has 0 aliphatic carbocycles. The van der Waals surface area contributed by atoms with E-state index in [2.05, 4.69) is 5.32 Å². The van der Waals surface area contributed by atoms with E-state index in [4.69, 9.17) is 9.52 Å². The molecule has 1 aromatic heterocycles. The minimum absolute atomic E-state index is 0.0956. The second-order valence-electron chi connectivity index (χ2n) is 5.52. The number of benzene rings is 1. The minimum Gasteiger partial charge on any atom is -0.475 e. The van der Waals surface area contributed by atoms with Crippen molar-refractivity contribution in [3.05, 3.63) is 59.3 Å². The number of carboxylic acid groups (broad SMARTS) is 1. The van der Waals surface area contributed by atoms with Crippen molar-refractivity contribution in [1.29, 1.82) is 0 Å². The lowest BCUT2D eigenvalue weighted by molar-refractivity contribution is 0.0659. The molecule has 0 spiro atoms. The second-order valence-corrected chi connectivity index (χ2v) is 5.52. The quantitative estimate of drug-likeness (QED) is 0.890. The molecule has 116 valence electrons. The van der Waals surface area contributed by atoms with Crippen LogP contribution in [0.3, 0.4) is 0 Å². The summed E-state index contributed by atoms with van der Waals surface area (Å²) in [6.07, 6.45) is 0. The highest BCUT2D eigenvalue weighted by Gasteiger charge is 2.25. The fourth-order valence-electron chi connectivity index (χ4n) is 2.07. The molecule has 2 aromatic rings. The van der Waals surface area contributed by atoms with Crippen molar-refractivity contribution >= 4 is 11.9 Å². The van der Waals surface area contributed by atoms with Gasteiger partial charge in [-0.25, -0.2) is 9.18 Å². The molecule has 0 radical (unpaired) electrons. The van der Waals surface area contributed by atoms with E-state index in [1.807, 2.05) is 0 Å². The third-order valence-electron chi connectivity index (χ3n) is 3.33. The van der Waals surface area contributed by atoms with E-state index >= 15 is 0 Å². The van der Waals surface area contributed by atoms with Crippen LogP contribution in [0.5, 0.6) is 0 Å². The van der Waals surface area contributed by atoms with E-state index in [-0.39, 0.29) is 23.9 Å². The van der Waals surface area contributed by atoms with Gasteiger partial charge in [0.15, 0.2) is 5.76 Å². The number of rotatable bonds is 5. The smallest absolute Gasteiger partial charge is 0.371 e. The maximum absolute atomic E-state index is 13.8. The van der Waals surface area contributed by atoms with Gasteiger partial charge < -0.3 is 14.8 Å². The van der Waals surface area contributed by atoms with Crippen LogP contribution in [0.25, 0.3) is 0 Å². The number of hydrogen-bond acceptors (Lipinski definition) is 3. The number of hydrogen-bond donors (Lipinski definition) is 2. The Morgan fingerprint density at radius 3 is 2.41 bits per heavy atom. The van der Waals surface area contributed by atoms with Crippen molar-refractivity contribution in [3.8, 4) is 0 Å². The topological polar surface area (TPSA) is 79.5 Å². The van der Waals surface area contributed by atoms with Crippen molar-refractivity contribution in [2.24, 2.45) is 0 Å². The number of amides is 1. The number of carboxylic acids is 1. The average Bonchev–Trinajstić information content (AvgIpc) is 2.95. The fraction of sp³-hybridized carbons (Fsp3) is 0.250. The number of carbonyl (C=O) groups excluding carboxylic acids is 1. The summed E-state index contributed by atoms with van der Waals surface area (Å²) >= 11 is 0. The summed E-state index contributed by atoms with van der Waals surface area (Å²) in [5.41, 5.74) is -0.135. The molecule has 1 heterocycles. The molecule has 0 bridgehead atoms. The first-order chi connectivity index (χ1) is 10.3. The SMILES string of the molecule is CC(C)(CNC(=O)c1ccc(C(=O)O)o1)c1ccccc1F. The molecule has 5 nitrogen and oxygen atoms in total. The molecule has 22 heavy (non-hydrogen) atoms. The van der Waals surface area contributed by atoms with Gasteiger partial charge in [0.2, 0.25) is 5.76 Å². The fourth-order valence-corrected chi connectivity index (χ4v) is 2.07. The van der Waals surface area contributed by atoms with Gasteiger partial charge >= 0.3 is 5.97 Å². The lowest BCUT2D eigenvalue weighted by atomic mass is 9.84. The Balaban J connectivity index is 2.06. The Bertz CT molecular complexity index is 706. The largest absolute Gasteiger partial charge is 0.475 e. The van der Waals surface area contributed by atoms with Crippen molar-refractivity contribution in [3.63, 3.8) is 0 Å². The monoisotopic (exact) mass is 305 g/mol. The average molecular weight is 305 g/mol. The van der Waals surface area contributed by atoms with E-state index in [1.54, 1.807) is 32.0 Å². The summed E-state index contributed by atoms with van der Waals surface area (Å²) < 4.78 is 18.7. The molecule has 0 saturated heterocycles.